The van der Waals surface area contributed by atoms with E-state index in [1.807, 2.05) is 12.1 Å². The van der Waals surface area contributed by atoms with E-state index in [0.29, 0.717) is 12.4 Å². The van der Waals surface area contributed by atoms with E-state index in [-0.39, 0.29) is 5.82 Å². The van der Waals surface area contributed by atoms with Gasteiger partial charge in [-0.25, -0.2) is 9.37 Å². The maximum atomic E-state index is 13.4. The molecule has 0 bridgehead atoms. The molecule has 4 heteroatoms. The number of nitrogens with one attached hydrogen (secondary N) is 1. The number of ether oxygens (including phenoxy) is 1. The number of aromatic nitrogens is 1. The Labute approximate surface area is 118 Å². The standard InChI is InChI=1S/C16H19FN2O/c1-3-8-18-10-13-9-14(17)5-6-15(13)12-4-7-16(20-2)19-11-12/h4-7,9,11,18H,3,8,10H2,1-2H3. The average Bonchev–Trinajstić information content (AvgIpc) is 2.48. The maximum absolute atomic E-state index is 13.4. The molecule has 3 nitrogen and oxygen atoms in total. The van der Waals surface area contributed by atoms with Crippen molar-refractivity contribution < 1.29 is 9.13 Å². The molecule has 0 radical (unpaired) electrons. The van der Waals surface area contributed by atoms with E-state index < -0.39 is 0 Å². The van der Waals surface area contributed by atoms with Gasteiger partial charge in [-0.15, -0.1) is 0 Å². The third kappa shape index (κ3) is 3.54. The zero-order chi connectivity index (χ0) is 14.4. The van der Waals surface area contributed by atoms with Gasteiger partial charge in [-0.05, 0) is 42.3 Å². The van der Waals surface area contributed by atoms with Gasteiger partial charge in [0.2, 0.25) is 5.88 Å². The van der Waals surface area contributed by atoms with E-state index in [2.05, 4.69) is 17.2 Å². The maximum Gasteiger partial charge on any atom is 0.212 e. The fraction of sp³-hybridized carbons (Fsp3) is 0.312. The molecular weight excluding hydrogens is 255 g/mol. The minimum atomic E-state index is -0.219. The van der Waals surface area contributed by atoms with Gasteiger partial charge in [0.1, 0.15) is 5.82 Å². The first-order valence-corrected chi connectivity index (χ1v) is 6.74. The summed E-state index contributed by atoms with van der Waals surface area (Å²) in [6.45, 7) is 3.66. The Balaban J connectivity index is 2.28. The van der Waals surface area contributed by atoms with Gasteiger partial charge in [-0.3, -0.25) is 0 Å². The van der Waals surface area contributed by atoms with E-state index in [1.54, 1.807) is 25.4 Å². The molecule has 1 heterocycles. The van der Waals surface area contributed by atoms with E-state index >= 15 is 0 Å². The molecule has 2 rings (SSSR count). The predicted molar refractivity (Wildman–Crippen MR) is 78.2 cm³/mol. The van der Waals surface area contributed by atoms with Crippen LogP contribution in [-0.2, 0) is 6.54 Å². The summed E-state index contributed by atoms with van der Waals surface area (Å²) in [5, 5.41) is 3.30. The molecule has 0 spiro atoms. The SMILES string of the molecule is CCCNCc1cc(F)ccc1-c1ccc(OC)nc1. The average molecular weight is 274 g/mol. The van der Waals surface area contributed by atoms with Gasteiger partial charge in [0, 0.05) is 24.4 Å². The van der Waals surface area contributed by atoms with E-state index in [4.69, 9.17) is 4.74 Å². The third-order valence-electron chi connectivity index (χ3n) is 3.07. The van der Waals surface area contributed by atoms with Crippen molar-refractivity contribution >= 4 is 0 Å². The Morgan fingerprint density at radius 1 is 1.25 bits per heavy atom. The van der Waals surface area contributed by atoms with Crippen LogP contribution in [0.5, 0.6) is 5.88 Å². The van der Waals surface area contributed by atoms with Crippen LogP contribution in [0.2, 0.25) is 0 Å². The summed E-state index contributed by atoms with van der Waals surface area (Å²) in [5.41, 5.74) is 2.88. The minimum absolute atomic E-state index is 0.219. The third-order valence-corrected chi connectivity index (χ3v) is 3.07. The van der Waals surface area contributed by atoms with Crippen molar-refractivity contribution in [2.75, 3.05) is 13.7 Å². The molecule has 20 heavy (non-hydrogen) atoms. The summed E-state index contributed by atoms with van der Waals surface area (Å²) in [4.78, 5) is 4.20. The van der Waals surface area contributed by atoms with Crippen molar-refractivity contribution in [2.45, 2.75) is 19.9 Å². The molecule has 1 aromatic heterocycles. The van der Waals surface area contributed by atoms with Crippen LogP contribution in [0.1, 0.15) is 18.9 Å². The van der Waals surface area contributed by atoms with Crippen molar-refractivity contribution in [3.63, 3.8) is 0 Å². The van der Waals surface area contributed by atoms with Crippen molar-refractivity contribution in [1.82, 2.24) is 10.3 Å². The number of pyridine rings is 1. The minimum Gasteiger partial charge on any atom is -0.481 e. The van der Waals surface area contributed by atoms with Crippen LogP contribution in [0.4, 0.5) is 4.39 Å². The molecule has 0 aliphatic rings. The Morgan fingerprint density at radius 3 is 2.75 bits per heavy atom. The molecule has 0 fully saturated rings. The molecule has 0 saturated carbocycles. The van der Waals surface area contributed by atoms with Crippen LogP contribution in [0, 0.1) is 5.82 Å². The van der Waals surface area contributed by atoms with Crippen LogP contribution >= 0.6 is 0 Å². The lowest BCUT2D eigenvalue weighted by atomic mass is 10.0. The first kappa shape index (κ1) is 14.5. The summed E-state index contributed by atoms with van der Waals surface area (Å²) in [6.07, 6.45) is 2.80. The van der Waals surface area contributed by atoms with Crippen LogP contribution in [0.15, 0.2) is 36.5 Å². The number of hydrogen-bond donors (Lipinski definition) is 1. The lowest BCUT2D eigenvalue weighted by molar-refractivity contribution is 0.398. The normalized spacial score (nSPS) is 10.6. The van der Waals surface area contributed by atoms with E-state index in [1.165, 1.54) is 6.07 Å². The Morgan fingerprint density at radius 2 is 2.10 bits per heavy atom. The van der Waals surface area contributed by atoms with Crippen LogP contribution < -0.4 is 10.1 Å². The van der Waals surface area contributed by atoms with Crippen molar-refractivity contribution in [2.24, 2.45) is 0 Å². The van der Waals surface area contributed by atoms with Gasteiger partial charge in [-0.1, -0.05) is 13.0 Å². The lowest BCUT2D eigenvalue weighted by Gasteiger charge is -2.11. The smallest absolute Gasteiger partial charge is 0.212 e. The second kappa shape index (κ2) is 7.01. The number of nitrogens with zero attached hydrogens (tertiary/aromatic N) is 1. The Bertz CT molecular complexity index is 555. The fourth-order valence-corrected chi connectivity index (χ4v) is 2.05. The Hall–Kier alpha value is -1.94. The number of hydrogen-bond acceptors (Lipinski definition) is 3. The van der Waals surface area contributed by atoms with Crippen LogP contribution in [0.3, 0.4) is 0 Å². The highest BCUT2D eigenvalue weighted by molar-refractivity contribution is 5.66. The van der Waals surface area contributed by atoms with Crippen molar-refractivity contribution in [1.29, 1.82) is 0 Å². The van der Waals surface area contributed by atoms with E-state index in [0.717, 1.165) is 29.7 Å². The van der Waals surface area contributed by atoms with Gasteiger partial charge < -0.3 is 10.1 Å². The fourth-order valence-electron chi connectivity index (χ4n) is 2.05. The highest BCUT2D eigenvalue weighted by Gasteiger charge is 2.07. The predicted octanol–water partition coefficient (Wildman–Crippen LogP) is 3.40. The molecule has 0 aliphatic heterocycles. The second-order valence-corrected chi connectivity index (χ2v) is 4.57. The molecule has 1 N–H and O–H groups in total. The Kier molecular flexibility index (Phi) is 5.07. The van der Waals surface area contributed by atoms with Gasteiger partial charge in [-0.2, -0.15) is 0 Å². The largest absolute Gasteiger partial charge is 0.481 e. The van der Waals surface area contributed by atoms with Gasteiger partial charge >= 0.3 is 0 Å². The molecule has 2 aromatic rings. The number of halogens is 1. The molecule has 0 unspecified atom stereocenters. The summed E-state index contributed by atoms with van der Waals surface area (Å²) in [5.74, 6) is 0.352. The molecular formula is C16H19FN2O. The van der Waals surface area contributed by atoms with Gasteiger partial charge in [0.25, 0.3) is 0 Å². The molecule has 0 saturated heterocycles. The van der Waals surface area contributed by atoms with Gasteiger partial charge in [0.15, 0.2) is 0 Å². The van der Waals surface area contributed by atoms with Crippen molar-refractivity contribution in [3.05, 3.63) is 47.9 Å². The summed E-state index contributed by atoms with van der Waals surface area (Å²) in [6, 6.07) is 8.58. The first-order chi connectivity index (χ1) is 9.74. The zero-order valence-electron chi connectivity index (χ0n) is 11.8. The second-order valence-electron chi connectivity index (χ2n) is 4.57. The summed E-state index contributed by atoms with van der Waals surface area (Å²) < 4.78 is 18.5. The zero-order valence-corrected chi connectivity index (χ0v) is 11.8. The first-order valence-electron chi connectivity index (χ1n) is 6.74. The number of rotatable bonds is 6. The number of benzene rings is 1. The highest BCUT2D eigenvalue weighted by Crippen LogP contribution is 2.25. The molecule has 0 aliphatic carbocycles. The van der Waals surface area contributed by atoms with Crippen molar-refractivity contribution in [3.8, 4) is 17.0 Å². The van der Waals surface area contributed by atoms with E-state index in [9.17, 15) is 4.39 Å². The molecule has 1 aromatic carbocycles. The van der Waals surface area contributed by atoms with Crippen LogP contribution in [-0.4, -0.2) is 18.6 Å². The van der Waals surface area contributed by atoms with Crippen LogP contribution in [0.25, 0.3) is 11.1 Å². The topological polar surface area (TPSA) is 34.1 Å². The highest BCUT2D eigenvalue weighted by atomic mass is 19.1. The lowest BCUT2D eigenvalue weighted by Crippen LogP contribution is -2.14. The summed E-state index contributed by atoms with van der Waals surface area (Å²) in [7, 11) is 1.58. The molecule has 0 atom stereocenters. The van der Waals surface area contributed by atoms with Gasteiger partial charge in [0.05, 0.1) is 7.11 Å². The molecule has 106 valence electrons. The quantitative estimate of drug-likeness (QED) is 0.820. The molecule has 0 amide bonds. The number of methoxy groups -OCH3 is 1. The summed E-state index contributed by atoms with van der Waals surface area (Å²) >= 11 is 0. The monoisotopic (exact) mass is 274 g/mol.